The summed E-state index contributed by atoms with van der Waals surface area (Å²) in [5.41, 5.74) is 0.429. The van der Waals surface area contributed by atoms with Crippen molar-refractivity contribution in [3.05, 3.63) is 29.8 Å². The molecule has 0 saturated carbocycles. The number of hydrogen-bond donors (Lipinski definition) is 2. The van der Waals surface area contributed by atoms with Gasteiger partial charge in [-0.1, -0.05) is 19.9 Å². The fraction of sp³-hybridized carbons (Fsp3) is 0.562. The topological polar surface area (TPSA) is 50.4 Å². The molecule has 1 aliphatic heterocycles. The van der Waals surface area contributed by atoms with Crippen molar-refractivity contribution in [2.24, 2.45) is 5.41 Å². The Morgan fingerprint density at radius 2 is 2.22 bits per heavy atom. The zero-order valence-electron chi connectivity index (χ0n) is 13.3. The number of nitrogens with one attached hydrogen (secondary N) is 2. The Morgan fingerprint density at radius 3 is 2.87 bits per heavy atom. The fourth-order valence-electron chi connectivity index (χ4n) is 2.73. The lowest BCUT2D eigenvalue weighted by Gasteiger charge is -2.39. The molecule has 0 bridgehead atoms. The molecule has 0 radical (unpaired) electrons. The van der Waals surface area contributed by atoms with Gasteiger partial charge in [-0.25, -0.2) is 0 Å². The Balaban J connectivity index is 0.00000264. The lowest BCUT2D eigenvalue weighted by atomic mass is 9.77. The molecule has 1 aromatic rings. The van der Waals surface area contributed by atoms with E-state index in [1.807, 2.05) is 0 Å². The highest BCUT2D eigenvalue weighted by Gasteiger charge is 2.31. The van der Waals surface area contributed by atoms with E-state index in [2.05, 4.69) is 29.2 Å². The molecule has 1 amide bonds. The van der Waals surface area contributed by atoms with Crippen LogP contribution in [0.25, 0.3) is 0 Å². The van der Waals surface area contributed by atoms with Gasteiger partial charge in [0.25, 0.3) is 5.91 Å². The molecule has 4 nitrogen and oxygen atoms in total. The molecule has 1 unspecified atom stereocenters. The Bertz CT molecular complexity index is 527. The zero-order chi connectivity index (χ0) is 16.2. The Labute approximate surface area is 141 Å². The predicted octanol–water partition coefficient (Wildman–Crippen LogP) is 3.22. The number of hydrogen-bond acceptors (Lipinski definition) is 3. The van der Waals surface area contributed by atoms with Crippen LogP contribution >= 0.6 is 12.4 Å². The first-order valence-corrected chi connectivity index (χ1v) is 7.45. The van der Waals surface area contributed by atoms with Crippen LogP contribution in [-0.4, -0.2) is 31.7 Å². The molecule has 7 heteroatoms. The molecular weight excluding hydrogens is 326 g/mol. The maximum absolute atomic E-state index is 12.2. The molecule has 1 heterocycles. The molecule has 1 atom stereocenters. The van der Waals surface area contributed by atoms with Crippen LogP contribution in [0.3, 0.4) is 0 Å². The third kappa shape index (κ3) is 5.62. The molecule has 1 saturated heterocycles. The highest BCUT2D eigenvalue weighted by atomic mass is 35.5. The largest absolute Gasteiger partial charge is 0.435 e. The fourth-order valence-corrected chi connectivity index (χ4v) is 2.73. The van der Waals surface area contributed by atoms with Gasteiger partial charge in [0, 0.05) is 18.2 Å². The van der Waals surface area contributed by atoms with Gasteiger partial charge in [0.15, 0.2) is 0 Å². The summed E-state index contributed by atoms with van der Waals surface area (Å²) in [6.45, 7) is 2.90. The number of rotatable bonds is 5. The second-order valence-corrected chi connectivity index (χ2v) is 6.22. The summed E-state index contributed by atoms with van der Waals surface area (Å²) in [7, 11) is 0. The molecular formula is C16H23ClF2N2O2. The Hall–Kier alpha value is -1.40. The van der Waals surface area contributed by atoms with Crippen LogP contribution in [0.1, 0.15) is 37.0 Å². The number of carbonyl (C=O) groups excluding carboxylic acids is 1. The van der Waals surface area contributed by atoms with Crippen molar-refractivity contribution in [1.82, 2.24) is 10.6 Å². The van der Waals surface area contributed by atoms with Crippen molar-refractivity contribution in [1.29, 1.82) is 0 Å². The van der Waals surface area contributed by atoms with Gasteiger partial charge in [-0.2, -0.15) is 8.78 Å². The third-order valence-electron chi connectivity index (χ3n) is 4.12. The van der Waals surface area contributed by atoms with E-state index in [1.54, 1.807) is 6.07 Å². The molecule has 0 aromatic heterocycles. The first-order valence-electron chi connectivity index (χ1n) is 7.45. The smallest absolute Gasteiger partial charge is 0.387 e. The summed E-state index contributed by atoms with van der Waals surface area (Å²) in [6.07, 6.45) is 2.24. The first kappa shape index (κ1) is 19.6. The summed E-state index contributed by atoms with van der Waals surface area (Å²) in [5, 5.41) is 6.28. The highest BCUT2D eigenvalue weighted by molar-refractivity contribution is 5.94. The van der Waals surface area contributed by atoms with Crippen LogP contribution in [0.4, 0.5) is 8.78 Å². The standard InChI is InChI=1S/C16H22F2N2O2.ClH/c1-16(2)7-4-8-19-13(16)10-20-14(21)11-5-3-6-12(9-11)22-15(17)18;/h3,5-6,9,13,15,19H,4,7-8,10H2,1-2H3,(H,20,21);1H. The van der Waals surface area contributed by atoms with E-state index in [-0.39, 0.29) is 35.5 Å². The second kappa shape index (κ2) is 8.45. The molecule has 130 valence electrons. The lowest BCUT2D eigenvalue weighted by molar-refractivity contribution is -0.0498. The molecule has 2 N–H and O–H groups in total. The molecule has 23 heavy (non-hydrogen) atoms. The summed E-state index contributed by atoms with van der Waals surface area (Å²) < 4.78 is 28.7. The van der Waals surface area contributed by atoms with Crippen molar-refractivity contribution in [3.63, 3.8) is 0 Å². The van der Waals surface area contributed by atoms with Gasteiger partial charge in [-0.15, -0.1) is 12.4 Å². The minimum absolute atomic E-state index is 0. The minimum Gasteiger partial charge on any atom is -0.435 e. The van der Waals surface area contributed by atoms with Crippen LogP contribution in [0.5, 0.6) is 5.75 Å². The van der Waals surface area contributed by atoms with E-state index in [1.165, 1.54) is 18.2 Å². The zero-order valence-corrected chi connectivity index (χ0v) is 14.1. The summed E-state index contributed by atoms with van der Waals surface area (Å²) in [4.78, 5) is 12.2. The van der Waals surface area contributed by atoms with Gasteiger partial charge in [0.05, 0.1) is 0 Å². The number of halogens is 3. The van der Waals surface area contributed by atoms with E-state index >= 15 is 0 Å². The van der Waals surface area contributed by atoms with Gasteiger partial charge in [0.2, 0.25) is 0 Å². The quantitative estimate of drug-likeness (QED) is 0.859. The number of benzene rings is 1. The maximum Gasteiger partial charge on any atom is 0.387 e. The monoisotopic (exact) mass is 348 g/mol. The number of ether oxygens (including phenoxy) is 1. The van der Waals surface area contributed by atoms with Crippen LogP contribution in [0.15, 0.2) is 24.3 Å². The van der Waals surface area contributed by atoms with Gasteiger partial charge in [0.1, 0.15) is 5.75 Å². The van der Waals surface area contributed by atoms with E-state index < -0.39 is 6.61 Å². The second-order valence-electron chi connectivity index (χ2n) is 6.22. The van der Waals surface area contributed by atoms with Crippen LogP contribution in [0.2, 0.25) is 0 Å². The predicted molar refractivity (Wildman–Crippen MR) is 87.5 cm³/mol. The Morgan fingerprint density at radius 1 is 1.48 bits per heavy atom. The van der Waals surface area contributed by atoms with Gasteiger partial charge in [-0.05, 0) is 43.0 Å². The molecule has 1 aliphatic rings. The molecule has 0 aliphatic carbocycles. The number of amides is 1. The lowest BCUT2D eigenvalue weighted by Crippen LogP contribution is -2.52. The van der Waals surface area contributed by atoms with Gasteiger partial charge < -0.3 is 15.4 Å². The average molecular weight is 349 g/mol. The molecule has 1 aromatic carbocycles. The van der Waals surface area contributed by atoms with E-state index in [4.69, 9.17) is 0 Å². The van der Waals surface area contributed by atoms with Crippen LogP contribution in [0, 0.1) is 5.41 Å². The maximum atomic E-state index is 12.2. The van der Waals surface area contributed by atoms with Crippen molar-refractivity contribution in [2.75, 3.05) is 13.1 Å². The van der Waals surface area contributed by atoms with Gasteiger partial charge in [-0.3, -0.25) is 4.79 Å². The van der Waals surface area contributed by atoms with Crippen molar-refractivity contribution < 1.29 is 18.3 Å². The number of carbonyl (C=O) groups is 1. The van der Waals surface area contributed by atoms with Crippen LogP contribution < -0.4 is 15.4 Å². The third-order valence-corrected chi connectivity index (χ3v) is 4.12. The minimum atomic E-state index is -2.90. The van der Waals surface area contributed by atoms with E-state index in [0.717, 1.165) is 19.4 Å². The van der Waals surface area contributed by atoms with E-state index in [9.17, 15) is 13.6 Å². The molecule has 0 spiro atoms. The van der Waals surface area contributed by atoms with E-state index in [0.29, 0.717) is 12.1 Å². The molecule has 2 rings (SSSR count). The van der Waals surface area contributed by atoms with Crippen molar-refractivity contribution in [2.45, 2.75) is 39.3 Å². The summed E-state index contributed by atoms with van der Waals surface area (Å²) >= 11 is 0. The summed E-state index contributed by atoms with van der Waals surface area (Å²) in [5.74, 6) is -0.304. The normalized spacial score (nSPS) is 19.8. The number of alkyl halides is 2. The average Bonchev–Trinajstić information content (AvgIpc) is 2.45. The van der Waals surface area contributed by atoms with Gasteiger partial charge >= 0.3 is 6.61 Å². The number of piperidine rings is 1. The molecule has 1 fully saturated rings. The Kier molecular flexibility index (Phi) is 7.22. The SMILES string of the molecule is CC1(C)CCCNC1CNC(=O)c1cccc(OC(F)F)c1.Cl. The van der Waals surface area contributed by atoms with Crippen molar-refractivity contribution >= 4 is 18.3 Å². The summed E-state index contributed by atoms with van der Waals surface area (Å²) in [6, 6.07) is 6.02. The first-order chi connectivity index (χ1) is 10.4. The van der Waals surface area contributed by atoms with Crippen LogP contribution in [-0.2, 0) is 0 Å². The highest BCUT2D eigenvalue weighted by Crippen LogP contribution is 2.29. The van der Waals surface area contributed by atoms with Crippen molar-refractivity contribution in [3.8, 4) is 5.75 Å².